The highest BCUT2D eigenvalue weighted by molar-refractivity contribution is 7.18. The first-order chi connectivity index (χ1) is 12.4. The SMILES string of the molecule is Cn1cc2cc(-c3ccc4cc(C(O)C5CC5(F)F)sc4n3)cnc2n1. The smallest absolute Gasteiger partial charge is 0.254 e. The molecule has 1 N–H and O–H groups in total. The van der Waals surface area contributed by atoms with Crippen molar-refractivity contribution in [3.8, 4) is 11.3 Å². The van der Waals surface area contributed by atoms with Gasteiger partial charge in [-0.2, -0.15) is 5.10 Å². The van der Waals surface area contributed by atoms with Crippen LogP contribution < -0.4 is 0 Å². The number of nitrogens with zero attached hydrogens (tertiary/aromatic N) is 4. The molecule has 0 radical (unpaired) electrons. The summed E-state index contributed by atoms with van der Waals surface area (Å²) < 4.78 is 28.1. The molecule has 0 spiro atoms. The second-order valence-corrected chi connectivity index (χ2v) is 7.76. The summed E-state index contributed by atoms with van der Waals surface area (Å²) >= 11 is 1.26. The predicted octanol–water partition coefficient (Wildman–Crippen LogP) is 3.93. The molecular formula is C18H14F2N4OS. The number of aliphatic hydroxyl groups is 1. The molecule has 2 unspecified atom stereocenters. The van der Waals surface area contributed by atoms with Gasteiger partial charge < -0.3 is 5.11 Å². The fraction of sp³-hybridized carbons (Fsp3) is 0.278. The Balaban J connectivity index is 1.52. The van der Waals surface area contributed by atoms with E-state index in [-0.39, 0.29) is 6.42 Å². The molecule has 1 saturated carbocycles. The Morgan fingerprint density at radius 3 is 2.88 bits per heavy atom. The summed E-state index contributed by atoms with van der Waals surface area (Å²) in [5.74, 6) is -3.73. The predicted molar refractivity (Wildman–Crippen MR) is 95.1 cm³/mol. The van der Waals surface area contributed by atoms with Crippen LogP contribution in [0.4, 0.5) is 8.78 Å². The molecule has 132 valence electrons. The summed E-state index contributed by atoms with van der Waals surface area (Å²) in [5.41, 5.74) is 2.27. The highest BCUT2D eigenvalue weighted by atomic mass is 32.1. The lowest BCUT2D eigenvalue weighted by molar-refractivity contribution is 0.0492. The second-order valence-electron chi connectivity index (χ2n) is 6.70. The van der Waals surface area contributed by atoms with Crippen molar-refractivity contribution >= 4 is 32.6 Å². The Morgan fingerprint density at radius 1 is 1.31 bits per heavy atom. The number of pyridine rings is 2. The zero-order valence-corrected chi connectivity index (χ0v) is 14.5. The lowest BCUT2D eigenvalue weighted by Gasteiger charge is -2.05. The monoisotopic (exact) mass is 372 g/mol. The molecule has 0 saturated heterocycles. The first-order valence-corrected chi connectivity index (χ1v) is 8.98. The normalized spacial score (nSPS) is 19.9. The number of fused-ring (bicyclic) bond motifs is 2. The summed E-state index contributed by atoms with van der Waals surface area (Å²) in [5, 5.41) is 16.2. The highest BCUT2D eigenvalue weighted by Crippen LogP contribution is 2.56. The van der Waals surface area contributed by atoms with Gasteiger partial charge in [-0.1, -0.05) is 0 Å². The maximum Gasteiger partial charge on any atom is 0.254 e. The maximum atomic E-state index is 13.2. The molecule has 5 nitrogen and oxygen atoms in total. The summed E-state index contributed by atoms with van der Waals surface area (Å²) in [6.07, 6.45) is 2.22. The third kappa shape index (κ3) is 2.48. The molecule has 1 aliphatic rings. The van der Waals surface area contributed by atoms with Gasteiger partial charge in [0.05, 0.1) is 17.7 Å². The van der Waals surface area contributed by atoms with E-state index in [1.807, 2.05) is 31.4 Å². The van der Waals surface area contributed by atoms with Crippen LogP contribution in [0.3, 0.4) is 0 Å². The number of halogens is 2. The van der Waals surface area contributed by atoms with Crippen molar-refractivity contribution in [2.24, 2.45) is 13.0 Å². The number of hydrogen-bond donors (Lipinski definition) is 1. The molecular weight excluding hydrogens is 358 g/mol. The largest absolute Gasteiger partial charge is 0.387 e. The number of alkyl halides is 2. The van der Waals surface area contributed by atoms with E-state index in [1.165, 1.54) is 11.3 Å². The summed E-state index contributed by atoms with van der Waals surface area (Å²) in [6, 6.07) is 7.48. The second kappa shape index (κ2) is 5.28. The minimum absolute atomic E-state index is 0.252. The van der Waals surface area contributed by atoms with Gasteiger partial charge >= 0.3 is 0 Å². The van der Waals surface area contributed by atoms with E-state index < -0.39 is 17.9 Å². The Bertz CT molecular complexity index is 1150. The minimum Gasteiger partial charge on any atom is -0.387 e. The fourth-order valence-electron chi connectivity index (χ4n) is 3.19. The number of thiophene rings is 1. The van der Waals surface area contributed by atoms with Crippen molar-refractivity contribution in [1.82, 2.24) is 19.7 Å². The first kappa shape index (κ1) is 15.8. The van der Waals surface area contributed by atoms with Crippen LogP contribution in [0.15, 0.2) is 36.7 Å². The number of aromatic nitrogens is 4. The molecule has 2 atom stereocenters. The number of rotatable bonds is 3. The van der Waals surface area contributed by atoms with Crippen LogP contribution in [-0.4, -0.2) is 30.8 Å². The molecule has 0 aromatic carbocycles. The van der Waals surface area contributed by atoms with Crippen molar-refractivity contribution in [3.05, 3.63) is 41.5 Å². The van der Waals surface area contributed by atoms with Crippen LogP contribution in [-0.2, 0) is 7.05 Å². The molecule has 26 heavy (non-hydrogen) atoms. The zero-order valence-electron chi connectivity index (χ0n) is 13.7. The number of aryl methyl sites for hydroxylation is 1. The topological polar surface area (TPSA) is 63.8 Å². The van der Waals surface area contributed by atoms with Crippen molar-refractivity contribution in [2.75, 3.05) is 0 Å². The maximum absolute atomic E-state index is 13.2. The van der Waals surface area contributed by atoms with Gasteiger partial charge in [0.2, 0.25) is 0 Å². The Morgan fingerprint density at radius 2 is 2.12 bits per heavy atom. The van der Waals surface area contributed by atoms with Gasteiger partial charge in [-0.3, -0.25) is 4.68 Å². The Kier molecular flexibility index (Phi) is 3.20. The molecule has 0 amide bonds. The summed E-state index contributed by atoms with van der Waals surface area (Å²) in [4.78, 5) is 10.2. The van der Waals surface area contributed by atoms with Crippen molar-refractivity contribution in [2.45, 2.75) is 18.4 Å². The van der Waals surface area contributed by atoms with Gasteiger partial charge in [0.1, 0.15) is 4.83 Å². The van der Waals surface area contributed by atoms with Crippen LogP contribution in [0, 0.1) is 5.92 Å². The van der Waals surface area contributed by atoms with Crippen molar-refractivity contribution in [3.63, 3.8) is 0 Å². The fourth-order valence-corrected chi connectivity index (χ4v) is 4.27. The standard InChI is InChI=1S/C18H14F2N4OS/c1-24-8-11-4-10(7-21-16(11)23-24)13-3-2-9-5-14(26-17(9)22-13)15(25)12-6-18(12,19)20/h2-5,7-8,12,15,25H,6H2,1H3. The molecule has 4 aromatic rings. The highest BCUT2D eigenvalue weighted by Gasteiger charge is 2.60. The van der Waals surface area contributed by atoms with Crippen molar-refractivity contribution < 1.29 is 13.9 Å². The van der Waals surface area contributed by atoms with E-state index in [4.69, 9.17) is 0 Å². The van der Waals surface area contributed by atoms with Crippen LogP contribution in [0.2, 0.25) is 0 Å². The van der Waals surface area contributed by atoms with Gasteiger partial charge in [0.15, 0.2) is 5.65 Å². The van der Waals surface area contributed by atoms with Gasteiger partial charge in [0.25, 0.3) is 5.92 Å². The molecule has 0 aliphatic heterocycles. The molecule has 5 rings (SSSR count). The van der Waals surface area contributed by atoms with E-state index in [9.17, 15) is 13.9 Å². The van der Waals surface area contributed by atoms with E-state index in [1.54, 1.807) is 16.9 Å². The van der Waals surface area contributed by atoms with Crippen LogP contribution in [0.5, 0.6) is 0 Å². The van der Waals surface area contributed by atoms with Gasteiger partial charge in [0, 0.05) is 47.1 Å². The third-order valence-electron chi connectivity index (χ3n) is 4.72. The Labute approximate surface area is 150 Å². The molecule has 1 fully saturated rings. The van der Waals surface area contributed by atoms with E-state index in [0.717, 1.165) is 22.0 Å². The average molecular weight is 372 g/mol. The van der Waals surface area contributed by atoms with Crippen LogP contribution in [0.25, 0.3) is 32.5 Å². The van der Waals surface area contributed by atoms with Gasteiger partial charge in [-0.05, 0) is 24.3 Å². The number of aliphatic hydroxyl groups excluding tert-OH is 1. The zero-order chi connectivity index (χ0) is 18.1. The summed E-state index contributed by atoms with van der Waals surface area (Å²) in [7, 11) is 1.84. The van der Waals surface area contributed by atoms with Crippen molar-refractivity contribution in [1.29, 1.82) is 0 Å². The number of hydrogen-bond acceptors (Lipinski definition) is 5. The molecule has 1 aliphatic carbocycles. The van der Waals surface area contributed by atoms with E-state index in [0.29, 0.717) is 15.4 Å². The summed E-state index contributed by atoms with van der Waals surface area (Å²) in [6.45, 7) is 0. The average Bonchev–Trinajstić information content (AvgIpc) is 2.97. The van der Waals surface area contributed by atoms with E-state index in [2.05, 4.69) is 15.1 Å². The van der Waals surface area contributed by atoms with Crippen LogP contribution >= 0.6 is 11.3 Å². The Hall–Kier alpha value is -2.45. The van der Waals surface area contributed by atoms with E-state index >= 15 is 0 Å². The molecule has 0 bridgehead atoms. The lowest BCUT2D eigenvalue weighted by Crippen LogP contribution is -2.04. The molecule has 8 heteroatoms. The quantitative estimate of drug-likeness (QED) is 0.592. The minimum atomic E-state index is -2.75. The van der Waals surface area contributed by atoms with Gasteiger partial charge in [-0.25, -0.2) is 18.7 Å². The first-order valence-electron chi connectivity index (χ1n) is 8.17. The van der Waals surface area contributed by atoms with Crippen LogP contribution in [0.1, 0.15) is 17.4 Å². The molecule has 4 aromatic heterocycles. The third-order valence-corrected chi connectivity index (χ3v) is 5.83. The van der Waals surface area contributed by atoms with Gasteiger partial charge in [-0.15, -0.1) is 11.3 Å². The molecule has 4 heterocycles. The lowest BCUT2D eigenvalue weighted by atomic mass is 10.1.